The van der Waals surface area contributed by atoms with E-state index in [4.69, 9.17) is 4.74 Å². The number of thiophene rings is 1. The van der Waals surface area contributed by atoms with E-state index in [1.807, 2.05) is 29.6 Å². The summed E-state index contributed by atoms with van der Waals surface area (Å²) in [5.41, 5.74) is 2.95. The minimum atomic E-state index is -0.650. The molecule has 0 radical (unpaired) electrons. The highest BCUT2D eigenvalue weighted by molar-refractivity contribution is 7.08. The zero-order valence-electron chi connectivity index (χ0n) is 16.3. The Kier molecular flexibility index (Phi) is 7.19. The molecule has 0 saturated carbocycles. The van der Waals surface area contributed by atoms with Crippen LogP contribution in [0.4, 0.5) is 5.69 Å². The van der Waals surface area contributed by atoms with Crippen molar-refractivity contribution >= 4 is 28.8 Å². The average molecular weight is 402 g/mol. The van der Waals surface area contributed by atoms with Gasteiger partial charge in [-0.1, -0.05) is 26.0 Å². The topological polar surface area (TPSA) is 70.7 Å². The second-order valence-corrected chi connectivity index (χ2v) is 7.94. The predicted octanol–water partition coefficient (Wildman–Crippen LogP) is 3.00. The quantitative estimate of drug-likeness (QED) is 0.730. The van der Waals surface area contributed by atoms with Gasteiger partial charge in [-0.05, 0) is 46.0 Å². The van der Waals surface area contributed by atoms with Crippen molar-refractivity contribution in [2.24, 2.45) is 0 Å². The van der Waals surface area contributed by atoms with Crippen molar-refractivity contribution in [3.8, 4) is 0 Å². The van der Waals surface area contributed by atoms with E-state index in [2.05, 4.69) is 40.8 Å². The molecule has 150 valence electrons. The minimum absolute atomic E-state index is 0.0391. The molecule has 0 aliphatic carbocycles. The Morgan fingerprint density at radius 2 is 1.79 bits per heavy atom. The largest absolute Gasteiger partial charge is 0.379 e. The fraction of sp³-hybridized carbons (Fsp3) is 0.429. The van der Waals surface area contributed by atoms with E-state index in [0.717, 1.165) is 18.7 Å². The maximum Gasteiger partial charge on any atom is 0.313 e. The third-order valence-corrected chi connectivity index (χ3v) is 5.61. The van der Waals surface area contributed by atoms with Crippen molar-refractivity contribution in [2.75, 3.05) is 38.2 Å². The first-order chi connectivity index (χ1) is 13.5. The van der Waals surface area contributed by atoms with Crippen molar-refractivity contribution in [3.05, 3.63) is 52.2 Å². The molecule has 1 atom stereocenters. The molecule has 0 spiro atoms. The molecule has 6 nitrogen and oxygen atoms in total. The first kappa shape index (κ1) is 20.5. The number of hydrogen-bond acceptors (Lipinski definition) is 5. The van der Waals surface area contributed by atoms with Gasteiger partial charge in [0.2, 0.25) is 0 Å². The summed E-state index contributed by atoms with van der Waals surface area (Å²) in [4.78, 5) is 26.9. The molecule has 2 aromatic rings. The van der Waals surface area contributed by atoms with Crippen molar-refractivity contribution in [3.63, 3.8) is 0 Å². The molecule has 2 N–H and O–H groups in total. The number of carbonyl (C=O) groups excluding carboxylic acids is 2. The Hall–Kier alpha value is -2.22. The van der Waals surface area contributed by atoms with E-state index in [1.165, 1.54) is 5.56 Å². The maximum absolute atomic E-state index is 12.3. The lowest BCUT2D eigenvalue weighted by Crippen LogP contribution is -2.45. The van der Waals surface area contributed by atoms with Gasteiger partial charge in [-0.2, -0.15) is 11.3 Å². The molecule has 2 amide bonds. The summed E-state index contributed by atoms with van der Waals surface area (Å²) in [5, 5.41) is 9.56. The summed E-state index contributed by atoms with van der Waals surface area (Å²) in [6, 6.07) is 9.67. The van der Waals surface area contributed by atoms with Gasteiger partial charge in [0, 0.05) is 25.3 Å². The summed E-state index contributed by atoms with van der Waals surface area (Å²) >= 11 is 1.63. The van der Waals surface area contributed by atoms with Crippen molar-refractivity contribution in [1.29, 1.82) is 0 Å². The van der Waals surface area contributed by atoms with E-state index in [9.17, 15) is 9.59 Å². The van der Waals surface area contributed by atoms with Gasteiger partial charge in [-0.25, -0.2) is 0 Å². The zero-order valence-corrected chi connectivity index (χ0v) is 17.1. The van der Waals surface area contributed by atoms with Crippen LogP contribution in [-0.4, -0.2) is 49.6 Å². The molecule has 1 saturated heterocycles. The van der Waals surface area contributed by atoms with Gasteiger partial charge in [0.1, 0.15) is 0 Å². The van der Waals surface area contributed by atoms with Gasteiger partial charge in [-0.15, -0.1) is 0 Å². The lowest BCUT2D eigenvalue weighted by Gasteiger charge is -2.34. The molecule has 7 heteroatoms. The number of ether oxygens (including phenoxy) is 1. The van der Waals surface area contributed by atoms with Crippen LogP contribution in [0.1, 0.15) is 36.9 Å². The van der Waals surface area contributed by atoms with Crippen LogP contribution in [-0.2, 0) is 14.3 Å². The first-order valence-corrected chi connectivity index (χ1v) is 10.5. The number of rotatable bonds is 6. The molecule has 1 fully saturated rings. The van der Waals surface area contributed by atoms with Gasteiger partial charge in [0.05, 0.1) is 19.3 Å². The molecule has 3 rings (SSSR count). The summed E-state index contributed by atoms with van der Waals surface area (Å²) < 4.78 is 5.43. The van der Waals surface area contributed by atoms with Crippen LogP contribution >= 0.6 is 11.3 Å². The monoisotopic (exact) mass is 401 g/mol. The fourth-order valence-electron chi connectivity index (χ4n) is 3.22. The third kappa shape index (κ3) is 5.41. The molecule has 28 heavy (non-hydrogen) atoms. The summed E-state index contributed by atoms with van der Waals surface area (Å²) in [6.45, 7) is 7.59. The Balaban J connectivity index is 1.56. The zero-order chi connectivity index (χ0) is 19.9. The van der Waals surface area contributed by atoms with Crippen LogP contribution in [0.15, 0.2) is 41.1 Å². The standard InChI is InChI=1S/C21H27N3O3S/c1-15(2)16-3-5-18(6-4-16)23-21(26)20(25)22-13-19(17-7-12-28-14-17)24-8-10-27-11-9-24/h3-7,12,14-15,19H,8-11,13H2,1-2H3,(H,22,25)(H,23,26). The number of amides is 2. The number of hydrogen-bond donors (Lipinski definition) is 2. The third-order valence-electron chi connectivity index (χ3n) is 4.91. The number of benzene rings is 1. The molecule has 2 heterocycles. The Labute approximate surface area is 169 Å². The van der Waals surface area contributed by atoms with Crippen LogP contribution in [0.5, 0.6) is 0 Å². The van der Waals surface area contributed by atoms with Crippen molar-refractivity contribution in [1.82, 2.24) is 10.2 Å². The van der Waals surface area contributed by atoms with Crippen LogP contribution in [0, 0.1) is 0 Å². The van der Waals surface area contributed by atoms with Gasteiger partial charge in [0.15, 0.2) is 0 Å². The predicted molar refractivity (Wildman–Crippen MR) is 112 cm³/mol. The smallest absolute Gasteiger partial charge is 0.313 e. The normalized spacial score (nSPS) is 16.0. The van der Waals surface area contributed by atoms with Gasteiger partial charge in [-0.3, -0.25) is 14.5 Å². The van der Waals surface area contributed by atoms with Gasteiger partial charge >= 0.3 is 11.8 Å². The molecule has 1 aromatic heterocycles. The minimum Gasteiger partial charge on any atom is -0.379 e. The van der Waals surface area contributed by atoms with Crippen molar-refractivity contribution < 1.29 is 14.3 Å². The van der Waals surface area contributed by atoms with E-state index < -0.39 is 11.8 Å². The second-order valence-electron chi connectivity index (χ2n) is 7.16. The highest BCUT2D eigenvalue weighted by Gasteiger charge is 2.24. The van der Waals surface area contributed by atoms with E-state index in [-0.39, 0.29) is 6.04 Å². The van der Waals surface area contributed by atoms with Crippen molar-refractivity contribution in [2.45, 2.75) is 25.8 Å². The number of nitrogens with zero attached hydrogens (tertiary/aromatic N) is 1. The second kappa shape index (κ2) is 9.82. The summed E-state index contributed by atoms with van der Waals surface area (Å²) in [5.74, 6) is -0.855. The molecular formula is C21H27N3O3S. The fourth-order valence-corrected chi connectivity index (χ4v) is 3.93. The van der Waals surface area contributed by atoms with Crippen LogP contribution < -0.4 is 10.6 Å². The molecule has 0 bridgehead atoms. The summed E-state index contributed by atoms with van der Waals surface area (Å²) in [7, 11) is 0. The van der Waals surface area contributed by atoms with E-state index in [1.54, 1.807) is 11.3 Å². The lowest BCUT2D eigenvalue weighted by atomic mass is 10.0. The average Bonchev–Trinajstić information content (AvgIpc) is 3.23. The SMILES string of the molecule is CC(C)c1ccc(NC(=O)C(=O)NCC(c2ccsc2)N2CCOCC2)cc1. The Bertz CT molecular complexity index is 769. The highest BCUT2D eigenvalue weighted by Crippen LogP contribution is 2.23. The number of carbonyl (C=O) groups is 2. The lowest BCUT2D eigenvalue weighted by molar-refractivity contribution is -0.136. The molecule has 1 aliphatic rings. The van der Waals surface area contributed by atoms with Gasteiger partial charge in [0.25, 0.3) is 0 Å². The van der Waals surface area contributed by atoms with Crippen LogP contribution in [0.2, 0.25) is 0 Å². The Morgan fingerprint density at radius 1 is 1.07 bits per heavy atom. The molecule has 1 aromatic carbocycles. The molecule has 1 unspecified atom stereocenters. The number of morpholine rings is 1. The number of nitrogens with one attached hydrogen (secondary N) is 2. The Morgan fingerprint density at radius 3 is 2.39 bits per heavy atom. The highest BCUT2D eigenvalue weighted by atomic mass is 32.1. The molecular weight excluding hydrogens is 374 g/mol. The first-order valence-electron chi connectivity index (χ1n) is 9.57. The molecule has 1 aliphatic heterocycles. The van der Waals surface area contributed by atoms with Crippen LogP contribution in [0.25, 0.3) is 0 Å². The number of anilines is 1. The maximum atomic E-state index is 12.3. The van der Waals surface area contributed by atoms with E-state index in [0.29, 0.717) is 31.4 Å². The van der Waals surface area contributed by atoms with Gasteiger partial charge < -0.3 is 15.4 Å². The van der Waals surface area contributed by atoms with E-state index >= 15 is 0 Å². The van der Waals surface area contributed by atoms with Crippen LogP contribution in [0.3, 0.4) is 0 Å². The summed E-state index contributed by atoms with van der Waals surface area (Å²) in [6.07, 6.45) is 0.